The number of aromatic nitrogens is 1. The summed E-state index contributed by atoms with van der Waals surface area (Å²) >= 11 is 0. The summed E-state index contributed by atoms with van der Waals surface area (Å²) in [6, 6.07) is 4.09. The van der Waals surface area contributed by atoms with Crippen LogP contribution in [0.15, 0.2) is 18.3 Å². The van der Waals surface area contributed by atoms with Crippen LogP contribution < -0.4 is 5.73 Å². The van der Waals surface area contributed by atoms with E-state index in [1.54, 1.807) is 4.90 Å². The van der Waals surface area contributed by atoms with Crippen molar-refractivity contribution < 1.29 is 9.53 Å². The number of hydrogen-bond acceptors (Lipinski definition) is 5. The lowest BCUT2D eigenvalue weighted by molar-refractivity contribution is 0.00460. The highest BCUT2D eigenvalue weighted by atomic mass is 16.6. The summed E-state index contributed by atoms with van der Waals surface area (Å²) in [5, 5.41) is 0. The third-order valence-corrected chi connectivity index (χ3v) is 3.65. The zero-order valence-electron chi connectivity index (χ0n) is 13.9. The summed E-state index contributed by atoms with van der Waals surface area (Å²) < 4.78 is 5.44. The first-order valence-corrected chi connectivity index (χ1v) is 7.67. The van der Waals surface area contributed by atoms with Crippen LogP contribution in [0.5, 0.6) is 0 Å². The number of nitrogens with two attached hydrogens (primary N) is 1. The fourth-order valence-corrected chi connectivity index (χ4v) is 2.49. The van der Waals surface area contributed by atoms with Crippen LogP contribution in [0.3, 0.4) is 0 Å². The molecule has 1 aromatic heterocycles. The molecule has 0 bridgehead atoms. The third kappa shape index (κ3) is 4.59. The minimum atomic E-state index is -0.451. The Labute approximate surface area is 132 Å². The van der Waals surface area contributed by atoms with Gasteiger partial charge in [0.1, 0.15) is 11.4 Å². The Bertz CT molecular complexity index is 510. The van der Waals surface area contributed by atoms with Gasteiger partial charge < -0.3 is 15.4 Å². The molecule has 1 aliphatic heterocycles. The van der Waals surface area contributed by atoms with Crippen molar-refractivity contribution in [2.75, 3.05) is 25.4 Å². The van der Waals surface area contributed by atoms with Gasteiger partial charge in [0.25, 0.3) is 0 Å². The van der Waals surface area contributed by atoms with Crippen molar-refractivity contribution in [3.05, 3.63) is 23.9 Å². The maximum atomic E-state index is 12.1. The van der Waals surface area contributed by atoms with Gasteiger partial charge in [-0.1, -0.05) is 6.07 Å². The number of rotatable bonds is 2. The Balaban J connectivity index is 1.90. The number of pyridine rings is 1. The summed E-state index contributed by atoms with van der Waals surface area (Å²) in [4.78, 5) is 20.4. The second-order valence-corrected chi connectivity index (χ2v) is 6.84. The average molecular weight is 306 g/mol. The summed E-state index contributed by atoms with van der Waals surface area (Å²) in [5.41, 5.74) is 6.29. The molecule has 1 atom stereocenters. The average Bonchev–Trinajstić information content (AvgIpc) is 2.41. The molecule has 2 N–H and O–H groups in total. The van der Waals surface area contributed by atoms with Gasteiger partial charge in [-0.2, -0.15) is 0 Å². The molecule has 6 nitrogen and oxygen atoms in total. The van der Waals surface area contributed by atoms with E-state index >= 15 is 0 Å². The second-order valence-electron chi connectivity index (χ2n) is 6.84. The number of carbonyl (C=O) groups excluding carboxylic acids is 1. The molecule has 2 rings (SSSR count). The van der Waals surface area contributed by atoms with Crippen molar-refractivity contribution in [1.82, 2.24) is 14.8 Å². The fourth-order valence-electron chi connectivity index (χ4n) is 2.49. The number of carbonyl (C=O) groups is 1. The molecule has 1 amide bonds. The van der Waals surface area contributed by atoms with E-state index in [0.717, 1.165) is 18.7 Å². The molecule has 6 heteroatoms. The van der Waals surface area contributed by atoms with Crippen LogP contribution in [0.4, 0.5) is 10.6 Å². The Hall–Kier alpha value is -1.82. The molecule has 0 spiro atoms. The van der Waals surface area contributed by atoms with Gasteiger partial charge in [-0.25, -0.2) is 9.78 Å². The predicted octanol–water partition coefficient (Wildman–Crippen LogP) is 2.10. The van der Waals surface area contributed by atoms with Gasteiger partial charge in [-0.15, -0.1) is 0 Å². The lowest BCUT2D eigenvalue weighted by Crippen LogP contribution is -2.54. The second kappa shape index (κ2) is 6.52. The van der Waals surface area contributed by atoms with Gasteiger partial charge in [-0.3, -0.25) is 4.90 Å². The number of amides is 1. The van der Waals surface area contributed by atoms with Crippen molar-refractivity contribution in [2.24, 2.45) is 0 Å². The van der Waals surface area contributed by atoms with Gasteiger partial charge in [-0.05, 0) is 39.3 Å². The van der Waals surface area contributed by atoms with Crippen LogP contribution in [0.25, 0.3) is 0 Å². The predicted molar refractivity (Wildman–Crippen MR) is 86.3 cm³/mol. The van der Waals surface area contributed by atoms with Crippen LogP contribution in [-0.4, -0.2) is 52.2 Å². The molecule has 0 radical (unpaired) electrons. The molecule has 0 unspecified atom stereocenters. The number of piperazine rings is 1. The summed E-state index contributed by atoms with van der Waals surface area (Å²) in [6.45, 7) is 10.8. The Morgan fingerprint density at radius 1 is 1.41 bits per heavy atom. The van der Waals surface area contributed by atoms with Crippen molar-refractivity contribution in [1.29, 1.82) is 0 Å². The van der Waals surface area contributed by atoms with E-state index in [-0.39, 0.29) is 12.1 Å². The van der Waals surface area contributed by atoms with Crippen LogP contribution in [0.2, 0.25) is 0 Å². The normalized spacial score (nSPS) is 20.0. The van der Waals surface area contributed by atoms with Crippen molar-refractivity contribution >= 4 is 11.9 Å². The lowest BCUT2D eigenvalue weighted by Gasteiger charge is -2.40. The van der Waals surface area contributed by atoms with E-state index in [9.17, 15) is 4.79 Å². The van der Waals surface area contributed by atoms with E-state index in [2.05, 4.69) is 16.8 Å². The van der Waals surface area contributed by atoms with Crippen LogP contribution in [0, 0.1) is 0 Å². The van der Waals surface area contributed by atoms with Gasteiger partial charge in [0.05, 0.1) is 0 Å². The molecule has 1 fully saturated rings. The Kier molecular flexibility index (Phi) is 4.90. The smallest absolute Gasteiger partial charge is 0.410 e. The highest BCUT2D eigenvalue weighted by Gasteiger charge is 2.29. The summed E-state index contributed by atoms with van der Waals surface area (Å²) in [6.07, 6.45) is 1.58. The quantitative estimate of drug-likeness (QED) is 0.906. The Morgan fingerprint density at radius 3 is 2.68 bits per heavy atom. The van der Waals surface area contributed by atoms with Gasteiger partial charge in [0.2, 0.25) is 0 Å². The first kappa shape index (κ1) is 16.5. The molecule has 0 aliphatic carbocycles. The molecule has 2 heterocycles. The van der Waals surface area contributed by atoms with Crippen LogP contribution in [-0.2, 0) is 11.3 Å². The molecular formula is C16H26N4O2. The van der Waals surface area contributed by atoms with Gasteiger partial charge in [0, 0.05) is 38.4 Å². The van der Waals surface area contributed by atoms with Crippen molar-refractivity contribution in [3.8, 4) is 0 Å². The SMILES string of the molecule is C[C@@H]1CN(C(=O)OC(C)(C)C)CCN1Cc1ccc(N)nc1. The van der Waals surface area contributed by atoms with Crippen molar-refractivity contribution in [2.45, 2.75) is 45.9 Å². The minimum Gasteiger partial charge on any atom is -0.444 e. The number of anilines is 1. The standard InChI is InChI=1S/C16H26N4O2/c1-12-10-20(15(21)22-16(2,3)4)8-7-19(12)11-13-5-6-14(17)18-9-13/h5-6,9,12H,7-8,10-11H2,1-4H3,(H2,17,18)/t12-/m1/s1. The highest BCUT2D eigenvalue weighted by molar-refractivity contribution is 5.68. The van der Waals surface area contributed by atoms with E-state index in [4.69, 9.17) is 10.5 Å². The minimum absolute atomic E-state index is 0.229. The van der Waals surface area contributed by atoms with Gasteiger partial charge in [0.15, 0.2) is 0 Å². The molecule has 22 heavy (non-hydrogen) atoms. The van der Waals surface area contributed by atoms with Crippen molar-refractivity contribution in [3.63, 3.8) is 0 Å². The van der Waals surface area contributed by atoms with E-state index in [1.807, 2.05) is 39.1 Å². The number of ether oxygens (including phenoxy) is 1. The van der Waals surface area contributed by atoms with Gasteiger partial charge >= 0.3 is 6.09 Å². The zero-order chi connectivity index (χ0) is 16.3. The molecule has 1 saturated heterocycles. The molecule has 122 valence electrons. The molecular weight excluding hydrogens is 280 g/mol. The summed E-state index contributed by atoms with van der Waals surface area (Å²) in [7, 11) is 0. The highest BCUT2D eigenvalue weighted by Crippen LogP contribution is 2.17. The largest absolute Gasteiger partial charge is 0.444 e. The Morgan fingerprint density at radius 2 is 2.14 bits per heavy atom. The fraction of sp³-hybridized carbons (Fsp3) is 0.625. The number of nitrogens with zero attached hydrogens (tertiary/aromatic N) is 3. The number of hydrogen-bond donors (Lipinski definition) is 1. The summed E-state index contributed by atoms with van der Waals surface area (Å²) in [5.74, 6) is 0.534. The lowest BCUT2D eigenvalue weighted by atomic mass is 10.1. The first-order valence-electron chi connectivity index (χ1n) is 7.67. The van der Waals surface area contributed by atoms with Crippen LogP contribution >= 0.6 is 0 Å². The van der Waals surface area contributed by atoms with E-state index in [1.165, 1.54) is 0 Å². The monoisotopic (exact) mass is 306 g/mol. The zero-order valence-corrected chi connectivity index (χ0v) is 13.9. The molecule has 1 aliphatic rings. The van der Waals surface area contributed by atoms with E-state index < -0.39 is 5.60 Å². The first-order chi connectivity index (χ1) is 10.2. The molecule has 0 saturated carbocycles. The maximum absolute atomic E-state index is 12.1. The topological polar surface area (TPSA) is 71.7 Å². The number of nitrogen functional groups attached to an aromatic ring is 1. The maximum Gasteiger partial charge on any atom is 0.410 e. The molecule has 0 aromatic carbocycles. The van der Waals surface area contributed by atoms with Crippen LogP contribution in [0.1, 0.15) is 33.3 Å². The third-order valence-electron chi connectivity index (χ3n) is 3.65. The molecule has 1 aromatic rings. The van der Waals surface area contributed by atoms with E-state index in [0.29, 0.717) is 18.9 Å².